The summed E-state index contributed by atoms with van der Waals surface area (Å²) in [4.78, 5) is 4.33. The maximum atomic E-state index is 4.33. The number of nitrogens with one attached hydrogen (secondary N) is 1. The Morgan fingerprint density at radius 1 is 1.40 bits per heavy atom. The van der Waals surface area contributed by atoms with Gasteiger partial charge in [0.1, 0.15) is 0 Å². The summed E-state index contributed by atoms with van der Waals surface area (Å²) < 4.78 is 2.18. The Hall–Kier alpha value is -0.990. The molecule has 1 heterocycles. The topological polar surface area (TPSA) is 29.9 Å². The third kappa shape index (κ3) is 3.94. The summed E-state index contributed by atoms with van der Waals surface area (Å²) >= 11 is 0. The van der Waals surface area contributed by atoms with Gasteiger partial charge in [-0.3, -0.25) is 0 Å². The van der Waals surface area contributed by atoms with Gasteiger partial charge in [0.05, 0.1) is 0 Å². The average molecular weight is 209 g/mol. The Balaban J connectivity index is 2.44. The maximum Gasteiger partial charge on any atom is 0.202 e. The Morgan fingerprint density at radius 3 is 2.87 bits per heavy atom. The molecule has 0 radical (unpaired) electrons. The molecule has 0 saturated heterocycles. The first-order chi connectivity index (χ1) is 7.27. The van der Waals surface area contributed by atoms with E-state index in [-0.39, 0.29) is 0 Å². The summed E-state index contributed by atoms with van der Waals surface area (Å²) in [5.74, 6) is 1.01. The highest BCUT2D eigenvalue weighted by Crippen LogP contribution is 2.10. The minimum absolute atomic E-state index is 0.517. The van der Waals surface area contributed by atoms with Gasteiger partial charge in [-0.2, -0.15) is 0 Å². The van der Waals surface area contributed by atoms with Crippen LogP contribution in [0.5, 0.6) is 0 Å². The molecule has 0 saturated carbocycles. The van der Waals surface area contributed by atoms with E-state index >= 15 is 0 Å². The number of aryl methyl sites for hydroxylation is 1. The third-order valence-electron chi connectivity index (χ3n) is 2.55. The second-order valence-corrected chi connectivity index (χ2v) is 4.13. The molecule has 0 fully saturated rings. The minimum atomic E-state index is 0.517. The van der Waals surface area contributed by atoms with Crippen molar-refractivity contribution < 1.29 is 0 Å². The molecular formula is C12H23N3. The van der Waals surface area contributed by atoms with Gasteiger partial charge >= 0.3 is 0 Å². The predicted molar refractivity (Wildman–Crippen MR) is 65.1 cm³/mol. The van der Waals surface area contributed by atoms with Crippen molar-refractivity contribution in [2.24, 2.45) is 0 Å². The van der Waals surface area contributed by atoms with Crippen LogP contribution in [0, 0.1) is 0 Å². The molecule has 1 rings (SSSR count). The highest BCUT2D eigenvalue weighted by molar-refractivity contribution is 5.27. The zero-order valence-electron chi connectivity index (χ0n) is 10.2. The van der Waals surface area contributed by atoms with Crippen molar-refractivity contribution >= 4 is 5.95 Å². The molecule has 0 bridgehead atoms. The molecule has 1 N–H and O–H groups in total. The quantitative estimate of drug-likeness (QED) is 0.747. The van der Waals surface area contributed by atoms with E-state index in [1.165, 1.54) is 19.3 Å². The van der Waals surface area contributed by atoms with Gasteiger partial charge in [-0.15, -0.1) is 0 Å². The summed E-state index contributed by atoms with van der Waals surface area (Å²) in [7, 11) is 0. The molecule has 86 valence electrons. The molecule has 0 aliphatic heterocycles. The SMILES string of the molecule is CCCCC(C)Nc1nccn1CCC. The van der Waals surface area contributed by atoms with Crippen molar-refractivity contribution in [1.82, 2.24) is 9.55 Å². The van der Waals surface area contributed by atoms with Gasteiger partial charge in [0, 0.05) is 25.0 Å². The number of rotatable bonds is 7. The molecule has 1 aromatic rings. The molecule has 3 heteroatoms. The van der Waals surface area contributed by atoms with Gasteiger partial charge in [-0.1, -0.05) is 26.7 Å². The molecule has 0 aliphatic rings. The van der Waals surface area contributed by atoms with E-state index in [4.69, 9.17) is 0 Å². The van der Waals surface area contributed by atoms with Crippen LogP contribution in [0.25, 0.3) is 0 Å². The molecule has 3 nitrogen and oxygen atoms in total. The molecule has 1 aromatic heterocycles. The lowest BCUT2D eigenvalue weighted by Crippen LogP contribution is -2.18. The van der Waals surface area contributed by atoms with Crippen molar-refractivity contribution in [1.29, 1.82) is 0 Å². The Morgan fingerprint density at radius 2 is 2.20 bits per heavy atom. The highest BCUT2D eigenvalue weighted by atomic mass is 15.2. The van der Waals surface area contributed by atoms with E-state index in [0.29, 0.717) is 6.04 Å². The van der Waals surface area contributed by atoms with Crippen LogP contribution in [-0.2, 0) is 6.54 Å². The van der Waals surface area contributed by atoms with E-state index in [9.17, 15) is 0 Å². The molecule has 0 spiro atoms. The third-order valence-corrected chi connectivity index (χ3v) is 2.55. The maximum absolute atomic E-state index is 4.33. The normalized spacial score (nSPS) is 12.7. The Bertz CT molecular complexity index is 268. The minimum Gasteiger partial charge on any atom is -0.353 e. The van der Waals surface area contributed by atoms with Crippen LogP contribution >= 0.6 is 0 Å². The highest BCUT2D eigenvalue weighted by Gasteiger charge is 2.05. The molecule has 15 heavy (non-hydrogen) atoms. The smallest absolute Gasteiger partial charge is 0.202 e. The van der Waals surface area contributed by atoms with Crippen LogP contribution in [0.15, 0.2) is 12.4 Å². The summed E-state index contributed by atoms with van der Waals surface area (Å²) in [5, 5.41) is 3.46. The van der Waals surface area contributed by atoms with E-state index < -0.39 is 0 Å². The molecular weight excluding hydrogens is 186 g/mol. The lowest BCUT2D eigenvalue weighted by molar-refractivity contribution is 0.623. The summed E-state index contributed by atoms with van der Waals surface area (Å²) in [5.41, 5.74) is 0. The van der Waals surface area contributed by atoms with Gasteiger partial charge in [-0.25, -0.2) is 4.98 Å². The molecule has 1 atom stereocenters. The van der Waals surface area contributed by atoms with E-state index in [2.05, 4.69) is 35.6 Å². The first-order valence-corrected chi connectivity index (χ1v) is 6.05. The fourth-order valence-electron chi connectivity index (χ4n) is 1.67. The van der Waals surface area contributed by atoms with Gasteiger partial charge < -0.3 is 9.88 Å². The number of nitrogens with zero attached hydrogens (tertiary/aromatic N) is 2. The second kappa shape index (κ2) is 6.49. The summed E-state index contributed by atoms with van der Waals surface area (Å²) in [6, 6.07) is 0.517. The molecule has 0 aromatic carbocycles. The zero-order valence-corrected chi connectivity index (χ0v) is 10.2. The fraction of sp³-hybridized carbons (Fsp3) is 0.750. The molecule has 1 unspecified atom stereocenters. The Kier molecular flexibility index (Phi) is 5.22. The summed E-state index contributed by atoms with van der Waals surface area (Å²) in [6.07, 6.45) is 8.81. The van der Waals surface area contributed by atoms with Gasteiger partial charge in [0.25, 0.3) is 0 Å². The second-order valence-electron chi connectivity index (χ2n) is 4.13. The lowest BCUT2D eigenvalue weighted by Gasteiger charge is -2.15. The monoisotopic (exact) mass is 209 g/mol. The van der Waals surface area contributed by atoms with E-state index in [1.807, 2.05) is 12.4 Å². The van der Waals surface area contributed by atoms with Crippen LogP contribution < -0.4 is 5.32 Å². The van der Waals surface area contributed by atoms with Gasteiger partial charge in [-0.05, 0) is 19.8 Å². The number of imidazole rings is 1. The van der Waals surface area contributed by atoms with Crippen molar-refractivity contribution in [2.75, 3.05) is 5.32 Å². The van der Waals surface area contributed by atoms with Crippen molar-refractivity contribution in [3.8, 4) is 0 Å². The number of aromatic nitrogens is 2. The first kappa shape index (κ1) is 12.1. The Labute approximate surface area is 92.9 Å². The van der Waals surface area contributed by atoms with E-state index in [1.54, 1.807) is 0 Å². The summed E-state index contributed by atoms with van der Waals surface area (Å²) in [6.45, 7) is 7.68. The average Bonchev–Trinajstić information content (AvgIpc) is 2.63. The molecule has 0 amide bonds. The fourth-order valence-corrected chi connectivity index (χ4v) is 1.67. The van der Waals surface area contributed by atoms with Crippen LogP contribution in [0.2, 0.25) is 0 Å². The van der Waals surface area contributed by atoms with Crippen LogP contribution in [0.1, 0.15) is 46.5 Å². The van der Waals surface area contributed by atoms with E-state index in [0.717, 1.165) is 18.9 Å². The lowest BCUT2D eigenvalue weighted by atomic mass is 10.1. The number of hydrogen-bond acceptors (Lipinski definition) is 2. The standard InChI is InChI=1S/C12H23N3/c1-4-6-7-11(3)14-12-13-8-10-15(12)9-5-2/h8,10-11H,4-7,9H2,1-3H3,(H,13,14). The van der Waals surface area contributed by atoms with Crippen molar-refractivity contribution in [3.63, 3.8) is 0 Å². The van der Waals surface area contributed by atoms with Crippen LogP contribution in [-0.4, -0.2) is 15.6 Å². The number of unbranched alkanes of at least 4 members (excludes halogenated alkanes) is 1. The largest absolute Gasteiger partial charge is 0.353 e. The first-order valence-electron chi connectivity index (χ1n) is 6.05. The van der Waals surface area contributed by atoms with Gasteiger partial charge in [0.15, 0.2) is 0 Å². The number of hydrogen-bond donors (Lipinski definition) is 1. The van der Waals surface area contributed by atoms with Crippen molar-refractivity contribution in [2.45, 2.75) is 59.0 Å². The van der Waals surface area contributed by atoms with Crippen LogP contribution in [0.3, 0.4) is 0 Å². The predicted octanol–water partition coefficient (Wildman–Crippen LogP) is 3.28. The van der Waals surface area contributed by atoms with Gasteiger partial charge in [0.2, 0.25) is 5.95 Å². The number of anilines is 1. The van der Waals surface area contributed by atoms with Crippen LogP contribution in [0.4, 0.5) is 5.95 Å². The van der Waals surface area contributed by atoms with Crippen molar-refractivity contribution in [3.05, 3.63) is 12.4 Å². The molecule has 0 aliphatic carbocycles. The zero-order chi connectivity index (χ0) is 11.1.